The van der Waals surface area contributed by atoms with Crippen LogP contribution in [0.4, 0.5) is 0 Å². The molecule has 3 rings (SSSR count). The van der Waals surface area contributed by atoms with Crippen LogP contribution in [-0.4, -0.2) is 37.2 Å². The number of ether oxygens (including phenoxy) is 3. The summed E-state index contributed by atoms with van der Waals surface area (Å²) in [5.74, 6) is 1.19. The fraction of sp³-hybridized carbons (Fsp3) is 0.353. The Morgan fingerprint density at radius 1 is 1.31 bits per heavy atom. The second-order valence-corrected chi connectivity index (χ2v) is 5.66. The van der Waals surface area contributed by atoms with Crippen LogP contribution >= 0.6 is 0 Å². The van der Waals surface area contributed by atoms with Gasteiger partial charge >= 0.3 is 0 Å². The highest BCUT2D eigenvalue weighted by molar-refractivity contribution is 5.92. The Kier molecular flexibility index (Phi) is 5.26. The molecule has 9 heteroatoms. The zero-order valence-corrected chi connectivity index (χ0v) is 14.4. The molecule has 2 N–H and O–H groups in total. The van der Waals surface area contributed by atoms with Crippen molar-refractivity contribution in [2.45, 2.75) is 13.5 Å². The van der Waals surface area contributed by atoms with Crippen LogP contribution in [0, 0.1) is 5.92 Å². The maximum Gasteiger partial charge on any atom is 0.273 e. The van der Waals surface area contributed by atoms with Crippen molar-refractivity contribution < 1.29 is 28.2 Å². The number of nitrogens with one attached hydrogen (secondary N) is 2. The fourth-order valence-corrected chi connectivity index (χ4v) is 2.27. The van der Waals surface area contributed by atoms with Crippen LogP contribution in [0.15, 0.2) is 28.9 Å². The first-order chi connectivity index (χ1) is 12.6. The van der Waals surface area contributed by atoms with Crippen molar-refractivity contribution in [1.29, 1.82) is 0 Å². The van der Waals surface area contributed by atoms with Gasteiger partial charge in [-0.05, 0) is 12.1 Å². The first-order valence-corrected chi connectivity index (χ1v) is 8.03. The van der Waals surface area contributed by atoms with Crippen LogP contribution in [0.1, 0.15) is 23.3 Å². The molecule has 0 aliphatic carbocycles. The molecule has 9 nitrogen and oxygen atoms in total. The molecule has 2 aromatic rings. The third-order valence-electron chi connectivity index (χ3n) is 3.75. The van der Waals surface area contributed by atoms with Crippen LogP contribution in [0.5, 0.6) is 17.2 Å². The van der Waals surface area contributed by atoms with Crippen LogP contribution in [0.2, 0.25) is 0 Å². The predicted molar refractivity (Wildman–Crippen MR) is 89.0 cm³/mol. The third-order valence-corrected chi connectivity index (χ3v) is 3.75. The first-order valence-electron chi connectivity index (χ1n) is 8.03. The Hall–Kier alpha value is -3.23. The van der Waals surface area contributed by atoms with Gasteiger partial charge in [0.25, 0.3) is 5.91 Å². The number of benzene rings is 1. The Morgan fingerprint density at radius 3 is 2.92 bits per heavy atom. The SMILES string of the molecule is CNC(=O)[C@H](C)CNC(=O)c1coc(COc2ccc3c(c2)OCO3)n1. The van der Waals surface area contributed by atoms with E-state index < -0.39 is 5.91 Å². The number of aromatic nitrogens is 1. The topological polar surface area (TPSA) is 112 Å². The Bertz CT molecular complexity index is 804. The molecule has 0 saturated heterocycles. The molecule has 0 spiro atoms. The van der Waals surface area contributed by atoms with E-state index in [0.717, 1.165) is 0 Å². The summed E-state index contributed by atoms with van der Waals surface area (Å²) < 4.78 is 21.3. The minimum atomic E-state index is -0.418. The molecule has 1 aliphatic rings. The smallest absolute Gasteiger partial charge is 0.273 e. The summed E-state index contributed by atoms with van der Waals surface area (Å²) in [6.07, 6.45) is 1.25. The molecular weight excluding hydrogens is 342 g/mol. The minimum absolute atomic E-state index is 0.0571. The molecule has 1 aromatic carbocycles. The summed E-state index contributed by atoms with van der Waals surface area (Å²) >= 11 is 0. The molecule has 2 amide bonds. The highest BCUT2D eigenvalue weighted by atomic mass is 16.7. The van der Waals surface area contributed by atoms with Gasteiger partial charge in [0.15, 0.2) is 23.8 Å². The highest BCUT2D eigenvalue weighted by Gasteiger charge is 2.17. The summed E-state index contributed by atoms with van der Waals surface area (Å²) in [6.45, 7) is 2.16. The Balaban J connectivity index is 1.51. The first kappa shape index (κ1) is 17.6. The van der Waals surface area contributed by atoms with Gasteiger partial charge in [0.1, 0.15) is 12.0 Å². The van der Waals surface area contributed by atoms with E-state index in [9.17, 15) is 9.59 Å². The largest absolute Gasteiger partial charge is 0.484 e. The van der Waals surface area contributed by atoms with Gasteiger partial charge in [-0.2, -0.15) is 0 Å². The summed E-state index contributed by atoms with van der Waals surface area (Å²) in [6, 6.07) is 5.20. The Labute approximate surface area is 149 Å². The number of carbonyl (C=O) groups is 2. The number of oxazole rings is 1. The molecule has 1 aromatic heterocycles. The van der Waals surface area contributed by atoms with Crippen LogP contribution in [-0.2, 0) is 11.4 Å². The van der Waals surface area contributed by atoms with Crippen molar-refractivity contribution in [3.8, 4) is 17.2 Å². The zero-order chi connectivity index (χ0) is 18.5. The molecule has 0 saturated carbocycles. The van der Waals surface area contributed by atoms with Crippen molar-refractivity contribution in [1.82, 2.24) is 15.6 Å². The quantitative estimate of drug-likeness (QED) is 0.759. The van der Waals surface area contributed by atoms with Crippen LogP contribution < -0.4 is 24.8 Å². The third kappa shape index (κ3) is 4.05. The average molecular weight is 361 g/mol. The monoisotopic (exact) mass is 361 g/mol. The number of hydrogen-bond acceptors (Lipinski definition) is 7. The number of hydrogen-bond donors (Lipinski definition) is 2. The molecule has 0 bridgehead atoms. The van der Waals surface area contributed by atoms with Gasteiger partial charge in [0.2, 0.25) is 18.6 Å². The molecule has 0 unspecified atom stereocenters. The molecule has 1 aliphatic heterocycles. The van der Waals surface area contributed by atoms with E-state index in [1.165, 1.54) is 6.26 Å². The summed E-state index contributed by atoms with van der Waals surface area (Å²) in [4.78, 5) is 27.5. The van der Waals surface area contributed by atoms with E-state index in [2.05, 4.69) is 15.6 Å². The number of carbonyl (C=O) groups excluding carboxylic acids is 2. The number of nitrogens with zero attached hydrogens (tertiary/aromatic N) is 1. The molecule has 138 valence electrons. The summed E-state index contributed by atoms with van der Waals surface area (Å²) in [5.41, 5.74) is 0.124. The second-order valence-electron chi connectivity index (χ2n) is 5.66. The lowest BCUT2D eigenvalue weighted by atomic mass is 10.1. The van der Waals surface area contributed by atoms with Crippen LogP contribution in [0.25, 0.3) is 0 Å². The molecular formula is C17H19N3O6. The minimum Gasteiger partial charge on any atom is -0.484 e. The van der Waals surface area contributed by atoms with Gasteiger partial charge in [-0.1, -0.05) is 6.92 Å². The second kappa shape index (κ2) is 7.77. The van der Waals surface area contributed by atoms with E-state index in [4.69, 9.17) is 18.6 Å². The van der Waals surface area contributed by atoms with E-state index in [1.54, 1.807) is 32.2 Å². The van der Waals surface area contributed by atoms with Crippen molar-refractivity contribution >= 4 is 11.8 Å². The Morgan fingerprint density at radius 2 is 2.12 bits per heavy atom. The lowest BCUT2D eigenvalue weighted by molar-refractivity contribution is -0.123. The summed E-state index contributed by atoms with van der Waals surface area (Å²) in [5, 5.41) is 5.16. The lowest BCUT2D eigenvalue weighted by Crippen LogP contribution is -2.36. The maximum atomic E-state index is 12.0. The molecule has 2 heterocycles. The molecule has 1 atom stereocenters. The van der Waals surface area contributed by atoms with E-state index in [0.29, 0.717) is 17.2 Å². The standard InChI is InChI=1S/C17H19N3O6/c1-10(16(21)18-2)6-19-17(22)12-7-24-15(20-12)8-23-11-3-4-13-14(5-11)26-9-25-13/h3-5,7,10H,6,8-9H2,1-2H3,(H,18,21)(H,19,22)/t10-/m1/s1. The van der Waals surface area contributed by atoms with Gasteiger partial charge in [-0.3, -0.25) is 9.59 Å². The van der Waals surface area contributed by atoms with E-state index in [1.807, 2.05) is 0 Å². The van der Waals surface area contributed by atoms with Gasteiger partial charge in [0.05, 0.1) is 5.92 Å². The number of rotatable bonds is 7. The van der Waals surface area contributed by atoms with Crippen molar-refractivity contribution in [2.24, 2.45) is 5.92 Å². The lowest BCUT2D eigenvalue weighted by Gasteiger charge is -2.09. The highest BCUT2D eigenvalue weighted by Crippen LogP contribution is 2.35. The molecule has 0 radical (unpaired) electrons. The van der Waals surface area contributed by atoms with Gasteiger partial charge in [0, 0.05) is 19.7 Å². The normalized spacial score (nSPS) is 13.2. The van der Waals surface area contributed by atoms with E-state index >= 15 is 0 Å². The number of fused-ring (bicyclic) bond motifs is 1. The van der Waals surface area contributed by atoms with Crippen molar-refractivity contribution in [2.75, 3.05) is 20.4 Å². The van der Waals surface area contributed by atoms with Crippen molar-refractivity contribution in [3.05, 3.63) is 36.0 Å². The van der Waals surface area contributed by atoms with Crippen molar-refractivity contribution in [3.63, 3.8) is 0 Å². The average Bonchev–Trinajstić information content (AvgIpc) is 3.32. The number of amides is 2. The van der Waals surface area contributed by atoms with E-state index in [-0.39, 0.29) is 43.4 Å². The summed E-state index contributed by atoms with van der Waals surface area (Å²) in [7, 11) is 1.55. The predicted octanol–water partition coefficient (Wildman–Crippen LogP) is 1.09. The zero-order valence-electron chi connectivity index (χ0n) is 14.4. The maximum absolute atomic E-state index is 12.0. The molecule has 0 fully saturated rings. The van der Waals surface area contributed by atoms with Gasteiger partial charge in [-0.15, -0.1) is 0 Å². The van der Waals surface area contributed by atoms with Crippen LogP contribution in [0.3, 0.4) is 0 Å². The van der Waals surface area contributed by atoms with Gasteiger partial charge in [-0.25, -0.2) is 4.98 Å². The fourth-order valence-electron chi connectivity index (χ4n) is 2.27. The molecule has 26 heavy (non-hydrogen) atoms. The van der Waals surface area contributed by atoms with Gasteiger partial charge < -0.3 is 29.3 Å².